The van der Waals surface area contributed by atoms with E-state index in [0.717, 1.165) is 17.3 Å². The predicted molar refractivity (Wildman–Crippen MR) is 135 cm³/mol. The van der Waals surface area contributed by atoms with Gasteiger partial charge in [-0.15, -0.1) is 0 Å². The number of rotatable bonds is 6. The number of nitriles is 1. The van der Waals surface area contributed by atoms with Crippen molar-refractivity contribution < 1.29 is 18.9 Å². The van der Waals surface area contributed by atoms with Gasteiger partial charge in [-0.05, 0) is 55.3 Å². The normalized spacial score (nSPS) is 16.4. The second-order valence-electron chi connectivity index (χ2n) is 8.00. The molecule has 180 valence electrons. The lowest BCUT2D eigenvalue weighted by Crippen LogP contribution is -2.31. The highest BCUT2D eigenvalue weighted by molar-refractivity contribution is 8.05. The molecular weight excluding hydrogens is 483 g/mol. The molecule has 1 unspecified atom stereocenters. The van der Waals surface area contributed by atoms with Crippen molar-refractivity contribution in [3.63, 3.8) is 0 Å². The number of amides is 2. The van der Waals surface area contributed by atoms with Crippen LogP contribution >= 0.6 is 11.8 Å². The summed E-state index contributed by atoms with van der Waals surface area (Å²) in [5.74, 6) is -1.63. The highest BCUT2D eigenvalue weighted by Gasteiger charge is 2.41. The quantitative estimate of drug-likeness (QED) is 0.217. The van der Waals surface area contributed by atoms with E-state index in [0.29, 0.717) is 16.9 Å². The van der Waals surface area contributed by atoms with Gasteiger partial charge in [-0.25, -0.2) is 4.39 Å². The number of hydrogen-bond donors (Lipinski definition) is 1. The van der Waals surface area contributed by atoms with Gasteiger partial charge in [-0.2, -0.15) is 5.26 Å². The van der Waals surface area contributed by atoms with E-state index >= 15 is 0 Å². The van der Waals surface area contributed by atoms with Crippen molar-refractivity contribution in [3.8, 4) is 6.07 Å². The average Bonchev–Trinajstić information content (AvgIpc) is 3.17. The van der Waals surface area contributed by atoms with Crippen molar-refractivity contribution in [3.05, 3.63) is 110 Å². The van der Waals surface area contributed by atoms with E-state index in [1.54, 1.807) is 18.2 Å². The minimum atomic E-state index is -0.761. The van der Waals surface area contributed by atoms with Crippen molar-refractivity contribution in [2.75, 3.05) is 10.2 Å². The molecule has 0 radical (unpaired) electrons. The lowest BCUT2D eigenvalue weighted by molar-refractivity contribution is -0.384. The number of thioether (sulfide) groups is 1. The number of halogens is 1. The molecule has 1 aliphatic heterocycles. The van der Waals surface area contributed by atoms with Crippen LogP contribution in [-0.2, 0) is 16.0 Å². The van der Waals surface area contributed by atoms with Crippen LogP contribution in [0.25, 0.3) is 0 Å². The van der Waals surface area contributed by atoms with Gasteiger partial charge in [-0.1, -0.05) is 41.6 Å². The van der Waals surface area contributed by atoms with E-state index in [1.807, 2.05) is 25.1 Å². The molecule has 0 bridgehead atoms. The molecular formula is C26H19FN4O4S. The molecule has 10 heteroatoms. The maximum Gasteiger partial charge on any atom is 0.269 e. The van der Waals surface area contributed by atoms with Gasteiger partial charge in [0, 0.05) is 23.5 Å². The van der Waals surface area contributed by atoms with Crippen LogP contribution in [0, 0.1) is 34.2 Å². The van der Waals surface area contributed by atoms with Crippen LogP contribution in [-0.4, -0.2) is 22.0 Å². The van der Waals surface area contributed by atoms with Crippen LogP contribution in [0.1, 0.15) is 11.1 Å². The first-order valence-electron chi connectivity index (χ1n) is 10.8. The van der Waals surface area contributed by atoms with E-state index in [9.17, 15) is 29.4 Å². The Balaban J connectivity index is 1.72. The zero-order valence-electron chi connectivity index (χ0n) is 19.0. The minimum absolute atomic E-state index is 0.106. The summed E-state index contributed by atoms with van der Waals surface area (Å²) < 4.78 is 13.6. The van der Waals surface area contributed by atoms with Gasteiger partial charge >= 0.3 is 0 Å². The summed E-state index contributed by atoms with van der Waals surface area (Å²) in [4.78, 5) is 38.4. The van der Waals surface area contributed by atoms with E-state index in [-0.39, 0.29) is 22.7 Å². The maximum atomic E-state index is 13.6. The lowest BCUT2D eigenvalue weighted by Gasteiger charge is -2.18. The van der Waals surface area contributed by atoms with Crippen molar-refractivity contribution in [2.45, 2.75) is 18.6 Å². The Morgan fingerprint density at radius 1 is 1.17 bits per heavy atom. The van der Waals surface area contributed by atoms with Crippen LogP contribution in [0.15, 0.2) is 83.4 Å². The molecule has 4 rings (SSSR count). The van der Waals surface area contributed by atoms with Crippen LogP contribution in [0.4, 0.5) is 21.5 Å². The summed E-state index contributed by atoms with van der Waals surface area (Å²) in [6.07, 6.45) is 0.130. The zero-order valence-corrected chi connectivity index (χ0v) is 19.8. The number of anilines is 2. The van der Waals surface area contributed by atoms with E-state index in [1.165, 1.54) is 47.4 Å². The zero-order chi connectivity index (χ0) is 25.8. The first-order chi connectivity index (χ1) is 17.3. The third-order valence-electron chi connectivity index (χ3n) is 5.44. The van der Waals surface area contributed by atoms with Gasteiger partial charge in [0.2, 0.25) is 5.91 Å². The third-order valence-corrected chi connectivity index (χ3v) is 6.71. The first kappa shape index (κ1) is 24.6. The number of non-ortho nitro benzene ring substituents is 1. The van der Waals surface area contributed by atoms with Gasteiger partial charge in [0.1, 0.15) is 22.5 Å². The number of nitro benzene ring substituents is 1. The molecule has 1 heterocycles. The second kappa shape index (κ2) is 10.4. The molecule has 1 saturated heterocycles. The van der Waals surface area contributed by atoms with Crippen molar-refractivity contribution in [2.24, 2.45) is 0 Å². The third kappa shape index (κ3) is 5.26. The summed E-state index contributed by atoms with van der Waals surface area (Å²) in [5.41, 5.74) is 1.94. The summed E-state index contributed by atoms with van der Waals surface area (Å²) in [6, 6.07) is 20.0. The van der Waals surface area contributed by atoms with Gasteiger partial charge in [-0.3, -0.25) is 24.6 Å². The fourth-order valence-corrected chi connectivity index (χ4v) is 4.96. The molecule has 0 aromatic heterocycles. The van der Waals surface area contributed by atoms with Crippen LogP contribution in [0.5, 0.6) is 0 Å². The van der Waals surface area contributed by atoms with Crippen LogP contribution in [0.2, 0.25) is 0 Å². The number of benzene rings is 3. The number of aryl methyl sites for hydroxylation is 1. The molecule has 8 nitrogen and oxygen atoms in total. The molecule has 0 saturated carbocycles. The predicted octanol–water partition coefficient (Wildman–Crippen LogP) is 5.11. The monoisotopic (exact) mass is 502 g/mol. The number of hydrogen-bond acceptors (Lipinski definition) is 6. The molecule has 1 aliphatic rings. The Morgan fingerprint density at radius 2 is 1.86 bits per heavy atom. The lowest BCUT2D eigenvalue weighted by atomic mass is 10.1. The molecule has 36 heavy (non-hydrogen) atoms. The van der Waals surface area contributed by atoms with Gasteiger partial charge in [0.25, 0.3) is 11.6 Å². The topological polar surface area (TPSA) is 116 Å². The van der Waals surface area contributed by atoms with Crippen molar-refractivity contribution in [1.82, 2.24) is 0 Å². The Morgan fingerprint density at radius 3 is 2.50 bits per heavy atom. The molecule has 0 aliphatic carbocycles. The molecule has 3 aromatic rings. The van der Waals surface area contributed by atoms with E-state index in [4.69, 9.17) is 0 Å². The Hall–Kier alpha value is -4.49. The summed E-state index contributed by atoms with van der Waals surface area (Å²) >= 11 is 1.02. The first-order valence-corrected chi connectivity index (χ1v) is 11.7. The van der Waals surface area contributed by atoms with Crippen LogP contribution < -0.4 is 10.2 Å². The highest BCUT2D eigenvalue weighted by Crippen LogP contribution is 2.42. The van der Waals surface area contributed by atoms with Crippen LogP contribution in [0.3, 0.4) is 0 Å². The largest absolute Gasteiger partial charge is 0.321 e. The fraction of sp³-hybridized carbons (Fsp3) is 0.115. The second-order valence-corrected chi connectivity index (χ2v) is 9.19. The van der Waals surface area contributed by atoms with Gasteiger partial charge in [0.15, 0.2) is 0 Å². The number of carbonyl (C=O) groups is 2. The molecule has 2 amide bonds. The minimum Gasteiger partial charge on any atom is -0.321 e. The van der Waals surface area contributed by atoms with Gasteiger partial charge < -0.3 is 5.32 Å². The van der Waals surface area contributed by atoms with E-state index in [2.05, 4.69) is 5.32 Å². The summed E-state index contributed by atoms with van der Waals surface area (Å²) in [6.45, 7) is 1.90. The SMILES string of the molecule is Cc1ccc(NC(=O)C(C#N)=C2SC(Cc3cccc([N+](=O)[O-])c3)C(=O)N2c2ccc(F)cc2)cc1. The number of nitrogens with one attached hydrogen (secondary N) is 1. The summed E-state index contributed by atoms with van der Waals surface area (Å²) in [7, 11) is 0. The molecule has 1 atom stereocenters. The Kier molecular flexibility index (Phi) is 7.12. The highest BCUT2D eigenvalue weighted by atomic mass is 32.2. The van der Waals surface area contributed by atoms with Gasteiger partial charge in [0.05, 0.1) is 10.2 Å². The molecule has 1 fully saturated rings. The Bertz CT molecular complexity index is 1420. The number of nitro groups is 1. The average molecular weight is 503 g/mol. The standard InChI is InChI=1S/C26H19FN4O4S/c1-16-5-9-19(10-6-16)29-24(32)22(15-28)26-30(20-11-7-18(27)8-12-20)25(33)23(36-26)14-17-3-2-4-21(13-17)31(34)35/h2-13,23H,14H2,1H3,(H,29,32). The maximum absolute atomic E-state index is 13.6. The Labute approximate surface area is 210 Å². The fourth-order valence-electron chi connectivity index (χ4n) is 3.65. The molecule has 0 spiro atoms. The van der Waals surface area contributed by atoms with Crippen molar-refractivity contribution in [1.29, 1.82) is 5.26 Å². The molecule has 1 N–H and O–H groups in total. The summed E-state index contributed by atoms with van der Waals surface area (Å²) in [5, 5.41) is 23.1. The number of nitrogens with zero attached hydrogens (tertiary/aromatic N) is 3. The molecule has 3 aromatic carbocycles. The van der Waals surface area contributed by atoms with E-state index < -0.39 is 27.8 Å². The number of carbonyl (C=O) groups excluding carboxylic acids is 2. The van der Waals surface area contributed by atoms with Crippen molar-refractivity contribution >= 4 is 40.6 Å². The smallest absolute Gasteiger partial charge is 0.269 e.